The highest BCUT2D eigenvalue weighted by molar-refractivity contribution is 7.99. The lowest BCUT2D eigenvalue weighted by Crippen LogP contribution is -2.48. The molecule has 8 heteroatoms. The Morgan fingerprint density at radius 3 is 2.64 bits per heavy atom. The zero-order chi connectivity index (χ0) is 19.7. The van der Waals surface area contributed by atoms with Gasteiger partial charge in [0, 0.05) is 30.2 Å². The predicted molar refractivity (Wildman–Crippen MR) is 115 cm³/mol. The fourth-order valence-electron chi connectivity index (χ4n) is 4.44. The summed E-state index contributed by atoms with van der Waals surface area (Å²) in [6.07, 6.45) is 11.9. The van der Waals surface area contributed by atoms with Gasteiger partial charge in [0.05, 0.1) is 17.4 Å². The van der Waals surface area contributed by atoms with E-state index >= 15 is 0 Å². The maximum Gasteiger partial charge on any atom is 0.147 e. The third-order valence-electron chi connectivity index (χ3n) is 6.24. The molecule has 0 amide bonds. The lowest BCUT2D eigenvalue weighted by molar-refractivity contribution is 0.189. The van der Waals surface area contributed by atoms with E-state index in [1.54, 1.807) is 12.4 Å². The first kappa shape index (κ1) is 19.5. The number of halogens is 1. The SMILES string of the molecule is C=C[C@@H]1CCC2(CCN(c3cnc(Sc4ccnc(N)c4Cl)cn3)CC2)[C@@H]1N. The van der Waals surface area contributed by atoms with Crippen LogP contribution in [0.5, 0.6) is 0 Å². The van der Waals surface area contributed by atoms with Gasteiger partial charge in [-0.15, -0.1) is 6.58 Å². The van der Waals surface area contributed by atoms with Crippen molar-refractivity contribution in [3.63, 3.8) is 0 Å². The molecule has 0 unspecified atom stereocenters. The first-order valence-corrected chi connectivity index (χ1v) is 10.7. The maximum atomic E-state index is 6.55. The molecule has 0 bridgehead atoms. The molecule has 4 N–H and O–H groups in total. The predicted octanol–water partition coefficient (Wildman–Crippen LogP) is 3.77. The molecule has 3 heterocycles. The number of nitrogen functional groups attached to an aromatic ring is 1. The lowest BCUT2D eigenvalue weighted by atomic mass is 9.73. The molecule has 4 rings (SSSR count). The Morgan fingerprint density at radius 2 is 2.00 bits per heavy atom. The van der Waals surface area contributed by atoms with Crippen molar-refractivity contribution in [2.75, 3.05) is 23.7 Å². The molecular weight excluding hydrogens is 392 g/mol. The first-order chi connectivity index (χ1) is 13.5. The minimum absolute atomic E-state index is 0.231. The van der Waals surface area contributed by atoms with Crippen LogP contribution in [-0.2, 0) is 0 Å². The van der Waals surface area contributed by atoms with Crippen LogP contribution in [0, 0.1) is 11.3 Å². The summed E-state index contributed by atoms with van der Waals surface area (Å²) in [5, 5.41) is 1.22. The fraction of sp³-hybridized carbons (Fsp3) is 0.450. The number of hydrogen-bond acceptors (Lipinski definition) is 7. The second-order valence-electron chi connectivity index (χ2n) is 7.64. The molecule has 28 heavy (non-hydrogen) atoms. The maximum absolute atomic E-state index is 6.55. The average Bonchev–Trinajstić information content (AvgIpc) is 3.02. The van der Waals surface area contributed by atoms with Crippen molar-refractivity contribution < 1.29 is 0 Å². The molecule has 1 spiro atoms. The number of pyridine rings is 1. The van der Waals surface area contributed by atoms with Crippen molar-refractivity contribution in [2.24, 2.45) is 17.1 Å². The van der Waals surface area contributed by atoms with Crippen molar-refractivity contribution in [3.05, 3.63) is 42.3 Å². The summed E-state index contributed by atoms with van der Waals surface area (Å²) in [5.41, 5.74) is 12.6. The van der Waals surface area contributed by atoms with Crippen LogP contribution in [0.4, 0.5) is 11.6 Å². The van der Waals surface area contributed by atoms with Crippen LogP contribution < -0.4 is 16.4 Å². The number of rotatable bonds is 4. The number of aromatic nitrogens is 3. The van der Waals surface area contributed by atoms with E-state index in [9.17, 15) is 0 Å². The van der Waals surface area contributed by atoms with Gasteiger partial charge in [-0.2, -0.15) is 0 Å². The molecule has 0 radical (unpaired) electrons. The third kappa shape index (κ3) is 3.58. The van der Waals surface area contributed by atoms with Gasteiger partial charge >= 0.3 is 0 Å². The molecule has 1 saturated heterocycles. The number of anilines is 2. The molecule has 1 aliphatic carbocycles. The van der Waals surface area contributed by atoms with Crippen LogP contribution in [-0.4, -0.2) is 34.1 Å². The molecule has 2 aromatic rings. The summed E-state index contributed by atoms with van der Waals surface area (Å²) in [6, 6.07) is 2.05. The largest absolute Gasteiger partial charge is 0.382 e. The monoisotopic (exact) mass is 416 g/mol. The van der Waals surface area contributed by atoms with Gasteiger partial charge in [0.15, 0.2) is 0 Å². The van der Waals surface area contributed by atoms with E-state index in [4.69, 9.17) is 23.1 Å². The second kappa shape index (κ2) is 7.89. The van der Waals surface area contributed by atoms with Crippen LogP contribution in [0.25, 0.3) is 0 Å². The van der Waals surface area contributed by atoms with Gasteiger partial charge < -0.3 is 16.4 Å². The Kier molecular flexibility index (Phi) is 5.49. The van der Waals surface area contributed by atoms with Gasteiger partial charge in [-0.1, -0.05) is 29.4 Å². The summed E-state index contributed by atoms with van der Waals surface area (Å²) in [4.78, 5) is 16.3. The van der Waals surface area contributed by atoms with E-state index < -0.39 is 0 Å². The van der Waals surface area contributed by atoms with Crippen molar-refractivity contribution >= 4 is 35.0 Å². The zero-order valence-corrected chi connectivity index (χ0v) is 17.3. The molecule has 1 aliphatic heterocycles. The van der Waals surface area contributed by atoms with Crippen LogP contribution in [0.3, 0.4) is 0 Å². The normalized spacial score (nSPS) is 23.9. The Labute approximate surface area is 174 Å². The minimum atomic E-state index is 0.231. The van der Waals surface area contributed by atoms with Gasteiger partial charge in [0.25, 0.3) is 0 Å². The molecular formula is C20H25ClN6S. The Bertz CT molecular complexity index is 850. The fourth-order valence-corrected chi connectivity index (χ4v) is 5.43. The highest BCUT2D eigenvalue weighted by atomic mass is 35.5. The number of piperidine rings is 1. The summed E-state index contributed by atoms with van der Waals surface area (Å²) in [7, 11) is 0. The average molecular weight is 417 g/mol. The molecule has 2 atom stereocenters. The van der Waals surface area contributed by atoms with Crippen molar-refractivity contribution in [1.29, 1.82) is 0 Å². The van der Waals surface area contributed by atoms with E-state index in [2.05, 4.69) is 26.4 Å². The van der Waals surface area contributed by atoms with E-state index in [1.807, 2.05) is 18.3 Å². The molecule has 2 fully saturated rings. The highest BCUT2D eigenvalue weighted by Crippen LogP contribution is 2.48. The van der Waals surface area contributed by atoms with Gasteiger partial charge in [0.1, 0.15) is 16.7 Å². The van der Waals surface area contributed by atoms with E-state index in [1.165, 1.54) is 24.6 Å². The molecule has 148 valence electrons. The van der Waals surface area contributed by atoms with E-state index in [0.717, 1.165) is 41.7 Å². The quantitative estimate of drug-likeness (QED) is 0.732. The summed E-state index contributed by atoms with van der Waals surface area (Å²) < 4.78 is 0. The van der Waals surface area contributed by atoms with Crippen LogP contribution in [0.15, 0.2) is 47.2 Å². The molecule has 6 nitrogen and oxygen atoms in total. The lowest BCUT2D eigenvalue weighted by Gasteiger charge is -2.43. The standard InChI is InChI=1S/C20H25ClN6S/c1-2-13-3-5-20(18(13)22)6-9-27(10-7-20)15-11-26-16(12-25-15)28-14-4-8-24-19(23)17(14)21/h2,4,8,11-13,18H,1,3,5-7,9-10,22H2,(H2,23,24)/t13-,18-/m1/s1. The number of nitrogens with two attached hydrogens (primary N) is 2. The zero-order valence-electron chi connectivity index (χ0n) is 15.7. The highest BCUT2D eigenvalue weighted by Gasteiger charge is 2.46. The van der Waals surface area contributed by atoms with Gasteiger partial charge in [-0.25, -0.2) is 15.0 Å². The Balaban J connectivity index is 1.40. The van der Waals surface area contributed by atoms with Crippen molar-refractivity contribution in [2.45, 2.75) is 41.6 Å². The molecule has 0 aromatic carbocycles. The topological polar surface area (TPSA) is 94.0 Å². The van der Waals surface area contributed by atoms with Gasteiger partial charge in [0.2, 0.25) is 0 Å². The van der Waals surface area contributed by atoms with Gasteiger partial charge in [-0.3, -0.25) is 0 Å². The van der Waals surface area contributed by atoms with E-state index in [-0.39, 0.29) is 11.5 Å². The van der Waals surface area contributed by atoms with Crippen molar-refractivity contribution in [3.8, 4) is 0 Å². The summed E-state index contributed by atoms with van der Waals surface area (Å²) >= 11 is 7.64. The smallest absolute Gasteiger partial charge is 0.147 e. The summed E-state index contributed by atoms with van der Waals surface area (Å²) in [5.74, 6) is 1.69. The molecule has 1 saturated carbocycles. The Hall–Kier alpha value is -1.83. The van der Waals surface area contributed by atoms with Crippen LogP contribution >= 0.6 is 23.4 Å². The summed E-state index contributed by atoms with van der Waals surface area (Å²) in [6.45, 7) is 5.88. The third-order valence-corrected chi connectivity index (χ3v) is 7.73. The van der Waals surface area contributed by atoms with Gasteiger partial charge in [-0.05, 0) is 43.1 Å². The molecule has 2 aromatic heterocycles. The first-order valence-electron chi connectivity index (χ1n) is 9.55. The second-order valence-corrected chi connectivity index (χ2v) is 9.08. The minimum Gasteiger partial charge on any atom is -0.382 e. The van der Waals surface area contributed by atoms with Crippen molar-refractivity contribution in [1.82, 2.24) is 15.0 Å². The molecule has 2 aliphatic rings. The Morgan fingerprint density at radius 1 is 1.21 bits per heavy atom. The number of hydrogen-bond donors (Lipinski definition) is 2. The van der Waals surface area contributed by atoms with Crippen LogP contribution in [0.1, 0.15) is 25.7 Å². The van der Waals surface area contributed by atoms with Crippen LogP contribution in [0.2, 0.25) is 5.02 Å². The van der Waals surface area contributed by atoms with E-state index in [0.29, 0.717) is 16.8 Å². The number of nitrogens with zero attached hydrogens (tertiary/aromatic N) is 4.